The zero-order chi connectivity index (χ0) is 14.2. The number of ether oxygens (including phenoxy) is 1. The summed E-state index contributed by atoms with van der Waals surface area (Å²) >= 11 is 0. The number of phenolic OH excluding ortho intramolecular Hbond substituents is 1. The maximum Gasteiger partial charge on any atom is 0.127 e. The molecule has 1 unspecified atom stereocenters. The first kappa shape index (κ1) is 12.2. The van der Waals surface area contributed by atoms with E-state index in [-0.39, 0.29) is 11.8 Å². The number of aromatic amines is 1. The van der Waals surface area contributed by atoms with Gasteiger partial charge in [0.15, 0.2) is 0 Å². The van der Waals surface area contributed by atoms with Crippen LogP contribution in [0.4, 0.5) is 0 Å². The van der Waals surface area contributed by atoms with Crippen LogP contribution in [0.2, 0.25) is 0 Å². The fourth-order valence-electron chi connectivity index (χ4n) is 2.68. The molecule has 106 valence electrons. The van der Waals surface area contributed by atoms with Gasteiger partial charge < -0.3 is 14.8 Å². The van der Waals surface area contributed by atoms with E-state index in [1.165, 1.54) is 0 Å². The second-order valence-electron chi connectivity index (χ2n) is 5.17. The van der Waals surface area contributed by atoms with Crippen molar-refractivity contribution in [2.24, 2.45) is 0 Å². The first-order valence-electron chi connectivity index (χ1n) is 6.92. The van der Waals surface area contributed by atoms with Crippen LogP contribution in [0, 0.1) is 0 Å². The molecule has 0 aliphatic carbocycles. The van der Waals surface area contributed by atoms with Gasteiger partial charge in [0.2, 0.25) is 0 Å². The van der Waals surface area contributed by atoms with E-state index in [2.05, 4.69) is 15.3 Å². The molecular formula is C16H15N3O2. The van der Waals surface area contributed by atoms with Gasteiger partial charge in [0, 0.05) is 11.6 Å². The lowest BCUT2D eigenvalue weighted by atomic mass is 10.1. The van der Waals surface area contributed by atoms with Gasteiger partial charge in [-0.2, -0.15) is 0 Å². The first-order chi connectivity index (χ1) is 10.3. The van der Waals surface area contributed by atoms with Crippen molar-refractivity contribution in [3.8, 4) is 11.5 Å². The molecule has 0 saturated heterocycles. The van der Waals surface area contributed by atoms with Crippen molar-refractivity contribution in [3.05, 3.63) is 53.9 Å². The highest BCUT2D eigenvalue weighted by Crippen LogP contribution is 2.34. The van der Waals surface area contributed by atoms with Gasteiger partial charge in [-0.05, 0) is 24.3 Å². The second kappa shape index (κ2) is 4.79. The number of benzene rings is 2. The number of nitrogens with one attached hydrogen (secondary N) is 2. The lowest BCUT2D eigenvalue weighted by molar-refractivity contribution is 0.309. The van der Waals surface area contributed by atoms with E-state index in [0.717, 1.165) is 28.2 Å². The van der Waals surface area contributed by atoms with Crippen LogP contribution in [0.5, 0.6) is 11.5 Å². The lowest BCUT2D eigenvalue weighted by Crippen LogP contribution is -2.22. The van der Waals surface area contributed by atoms with Crippen LogP contribution in [0.15, 0.2) is 42.5 Å². The maximum atomic E-state index is 9.46. The monoisotopic (exact) mass is 281 g/mol. The van der Waals surface area contributed by atoms with E-state index in [4.69, 9.17) is 4.74 Å². The molecule has 5 heteroatoms. The lowest BCUT2D eigenvalue weighted by Gasteiger charge is -2.10. The van der Waals surface area contributed by atoms with Crippen molar-refractivity contribution < 1.29 is 9.84 Å². The highest BCUT2D eigenvalue weighted by molar-refractivity contribution is 5.74. The number of nitrogens with zero attached hydrogens (tertiary/aromatic N) is 1. The summed E-state index contributed by atoms with van der Waals surface area (Å²) < 4.78 is 5.59. The number of fused-ring (bicyclic) bond motifs is 2. The summed E-state index contributed by atoms with van der Waals surface area (Å²) in [6.07, 6.45) is 0. The molecule has 0 fully saturated rings. The zero-order valence-electron chi connectivity index (χ0n) is 11.3. The topological polar surface area (TPSA) is 70.2 Å². The molecule has 2 heterocycles. The fourth-order valence-corrected chi connectivity index (χ4v) is 2.68. The maximum absolute atomic E-state index is 9.46. The molecule has 0 spiro atoms. The largest absolute Gasteiger partial charge is 0.508 e. The van der Waals surface area contributed by atoms with Gasteiger partial charge in [0.25, 0.3) is 0 Å². The summed E-state index contributed by atoms with van der Waals surface area (Å²) in [7, 11) is 0. The van der Waals surface area contributed by atoms with Gasteiger partial charge in [-0.25, -0.2) is 4.98 Å². The molecule has 1 aromatic heterocycles. The molecule has 21 heavy (non-hydrogen) atoms. The quantitative estimate of drug-likeness (QED) is 0.690. The third-order valence-corrected chi connectivity index (χ3v) is 3.73. The smallest absolute Gasteiger partial charge is 0.127 e. The minimum atomic E-state index is 0.119. The third kappa shape index (κ3) is 2.21. The van der Waals surface area contributed by atoms with Crippen molar-refractivity contribution in [1.29, 1.82) is 0 Å². The van der Waals surface area contributed by atoms with E-state index in [1.54, 1.807) is 12.1 Å². The highest BCUT2D eigenvalue weighted by atomic mass is 16.5. The Hall–Kier alpha value is -2.53. The number of imidazole rings is 1. The van der Waals surface area contributed by atoms with E-state index in [1.807, 2.05) is 30.3 Å². The van der Waals surface area contributed by atoms with Crippen LogP contribution < -0.4 is 10.1 Å². The van der Waals surface area contributed by atoms with Crippen LogP contribution in [-0.2, 0) is 6.54 Å². The summed E-state index contributed by atoms with van der Waals surface area (Å²) in [5, 5.41) is 12.9. The molecule has 1 aliphatic heterocycles. The Kier molecular flexibility index (Phi) is 2.79. The molecule has 1 atom stereocenters. The van der Waals surface area contributed by atoms with Gasteiger partial charge in [0.05, 0.1) is 23.6 Å². The average molecular weight is 281 g/mol. The highest BCUT2D eigenvalue weighted by Gasteiger charge is 2.24. The predicted molar refractivity (Wildman–Crippen MR) is 79.3 cm³/mol. The molecule has 0 bridgehead atoms. The molecule has 3 N–H and O–H groups in total. The number of phenols is 1. The molecule has 5 nitrogen and oxygen atoms in total. The third-order valence-electron chi connectivity index (χ3n) is 3.73. The summed E-state index contributed by atoms with van der Waals surface area (Å²) in [5.41, 5.74) is 3.09. The molecule has 0 amide bonds. The number of hydrogen-bond donors (Lipinski definition) is 3. The molecule has 3 aromatic rings. The Labute approximate surface area is 121 Å². The molecule has 4 rings (SSSR count). The van der Waals surface area contributed by atoms with Gasteiger partial charge in [-0.15, -0.1) is 0 Å². The Morgan fingerprint density at radius 1 is 1.29 bits per heavy atom. The van der Waals surface area contributed by atoms with Crippen molar-refractivity contribution in [3.63, 3.8) is 0 Å². The summed E-state index contributed by atoms with van der Waals surface area (Å²) in [4.78, 5) is 7.84. The van der Waals surface area contributed by atoms with Crippen LogP contribution in [-0.4, -0.2) is 21.7 Å². The number of aromatic nitrogens is 2. The van der Waals surface area contributed by atoms with E-state index < -0.39 is 0 Å². The molecule has 2 aromatic carbocycles. The van der Waals surface area contributed by atoms with Gasteiger partial charge >= 0.3 is 0 Å². The van der Waals surface area contributed by atoms with E-state index in [9.17, 15) is 5.11 Å². The average Bonchev–Trinajstić information content (AvgIpc) is 3.07. The molecular weight excluding hydrogens is 266 g/mol. The van der Waals surface area contributed by atoms with Crippen molar-refractivity contribution in [2.45, 2.75) is 12.6 Å². The fraction of sp³-hybridized carbons (Fsp3) is 0.188. The first-order valence-corrected chi connectivity index (χ1v) is 6.92. The summed E-state index contributed by atoms with van der Waals surface area (Å²) in [5.74, 6) is 1.88. The number of para-hydroxylation sites is 2. The second-order valence-corrected chi connectivity index (χ2v) is 5.17. The Morgan fingerprint density at radius 2 is 2.19 bits per heavy atom. The zero-order valence-corrected chi connectivity index (χ0v) is 11.3. The van der Waals surface area contributed by atoms with Crippen molar-refractivity contribution >= 4 is 11.0 Å². The van der Waals surface area contributed by atoms with Crippen LogP contribution in [0.25, 0.3) is 11.0 Å². The Morgan fingerprint density at radius 3 is 3.10 bits per heavy atom. The van der Waals surface area contributed by atoms with E-state index in [0.29, 0.717) is 13.2 Å². The van der Waals surface area contributed by atoms with Gasteiger partial charge in [-0.1, -0.05) is 12.1 Å². The number of H-pyrrole nitrogens is 1. The molecule has 0 radical (unpaired) electrons. The van der Waals surface area contributed by atoms with Crippen LogP contribution >= 0.6 is 0 Å². The van der Waals surface area contributed by atoms with Gasteiger partial charge in [-0.3, -0.25) is 5.32 Å². The number of hydrogen-bond acceptors (Lipinski definition) is 4. The Balaban J connectivity index is 1.51. The minimum absolute atomic E-state index is 0.119. The molecule has 0 saturated carbocycles. The minimum Gasteiger partial charge on any atom is -0.508 e. The molecule has 1 aliphatic rings. The van der Waals surface area contributed by atoms with Crippen LogP contribution in [0.1, 0.15) is 17.4 Å². The number of rotatable bonds is 3. The standard InChI is InChI=1S/C16H15N3O2/c20-10-5-6-11-14(9-21-15(11)7-10)17-8-16-18-12-3-1-2-4-13(12)19-16/h1-7,14,17,20H,8-9H2,(H,18,19). The summed E-state index contributed by atoms with van der Waals surface area (Å²) in [6, 6.07) is 13.3. The van der Waals surface area contributed by atoms with Gasteiger partial charge in [0.1, 0.15) is 23.9 Å². The summed E-state index contributed by atoms with van der Waals surface area (Å²) in [6.45, 7) is 1.21. The van der Waals surface area contributed by atoms with Crippen molar-refractivity contribution in [2.75, 3.05) is 6.61 Å². The van der Waals surface area contributed by atoms with Crippen molar-refractivity contribution in [1.82, 2.24) is 15.3 Å². The normalized spacial score (nSPS) is 16.9. The SMILES string of the molecule is Oc1ccc2c(c1)OCC2NCc1nc2ccccc2[nH]1. The van der Waals surface area contributed by atoms with E-state index >= 15 is 0 Å². The Bertz CT molecular complexity index is 764. The predicted octanol–water partition coefficient (Wildman–Crippen LogP) is 2.49. The number of aromatic hydroxyl groups is 1. The van der Waals surface area contributed by atoms with Crippen LogP contribution in [0.3, 0.4) is 0 Å².